The molecule has 0 aromatic carbocycles. The second-order valence-corrected chi connectivity index (χ2v) is 5.89. The number of aliphatic carboxylic acids is 3. The maximum atomic E-state index is 9.00. The van der Waals surface area contributed by atoms with Crippen molar-refractivity contribution in [3.8, 4) is 0 Å². The standard InChI is InChI=1S/C4H12O3Si.3C2H4O2/c1-4(2)3-8(5,6)7;3*1-2(3)4/h4-7H,3H2,1-2H3;3*1H3,(H,3,4). The molecule has 0 fully saturated rings. The van der Waals surface area contributed by atoms with Crippen molar-refractivity contribution in [1.82, 2.24) is 0 Å². The van der Waals surface area contributed by atoms with Crippen LogP contribution < -0.4 is 0 Å². The Morgan fingerprint density at radius 1 is 0.800 bits per heavy atom. The van der Waals surface area contributed by atoms with Gasteiger partial charge >= 0.3 is 8.80 Å². The van der Waals surface area contributed by atoms with E-state index in [0.29, 0.717) is 0 Å². The lowest BCUT2D eigenvalue weighted by Crippen LogP contribution is -2.35. The maximum Gasteiger partial charge on any atom is 0.492 e. The first kappa shape index (κ1) is 27.0. The fourth-order valence-corrected chi connectivity index (χ4v) is 1.64. The molecule has 20 heavy (non-hydrogen) atoms. The third kappa shape index (κ3) is 323. The molecule has 0 heterocycles. The molecule has 0 radical (unpaired) electrons. The number of hydrogen-bond donors (Lipinski definition) is 6. The molecular weight excluding hydrogens is 292 g/mol. The third-order valence-corrected chi connectivity index (χ3v) is 2.05. The van der Waals surface area contributed by atoms with Gasteiger partial charge < -0.3 is 29.7 Å². The highest BCUT2D eigenvalue weighted by atomic mass is 28.4. The van der Waals surface area contributed by atoms with Crippen LogP contribution in [0.4, 0.5) is 0 Å². The van der Waals surface area contributed by atoms with E-state index < -0.39 is 26.7 Å². The highest BCUT2D eigenvalue weighted by Crippen LogP contribution is 2.06. The molecule has 0 unspecified atom stereocenters. The normalized spacial score (nSPS) is 8.85. The fraction of sp³-hybridized carbons (Fsp3) is 0.700. The van der Waals surface area contributed by atoms with Gasteiger partial charge in [-0.05, 0) is 5.92 Å². The van der Waals surface area contributed by atoms with Gasteiger partial charge in [-0.1, -0.05) is 13.8 Å². The molecule has 0 aromatic heterocycles. The van der Waals surface area contributed by atoms with Gasteiger partial charge in [0.15, 0.2) is 0 Å². The minimum Gasteiger partial charge on any atom is -0.481 e. The Hall–Kier alpha value is -1.49. The van der Waals surface area contributed by atoms with Crippen LogP contribution in [0.2, 0.25) is 6.04 Å². The smallest absolute Gasteiger partial charge is 0.481 e. The molecule has 9 nitrogen and oxygen atoms in total. The van der Waals surface area contributed by atoms with E-state index in [0.717, 1.165) is 20.8 Å². The molecule has 0 aliphatic rings. The van der Waals surface area contributed by atoms with Crippen molar-refractivity contribution in [1.29, 1.82) is 0 Å². The summed E-state index contributed by atoms with van der Waals surface area (Å²) in [6.07, 6.45) is 0. The fourth-order valence-electron chi connectivity index (χ4n) is 0.548. The van der Waals surface area contributed by atoms with Gasteiger partial charge in [0.2, 0.25) is 0 Å². The molecular formula is C10H24O9Si. The minimum absolute atomic E-state index is 0.132. The van der Waals surface area contributed by atoms with Gasteiger partial charge in [0.1, 0.15) is 0 Å². The van der Waals surface area contributed by atoms with E-state index in [9.17, 15) is 0 Å². The molecule has 0 saturated carbocycles. The molecule has 0 aliphatic carbocycles. The molecule has 122 valence electrons. The van der Waals surface area contributed by atoms with E-state index in [1.54, 1.807) is 0 Å². The van der Waals surface area contributed by atoms with Crippen LogP contribution in [0.15, 0.2) is 0 Å². The summed E-state index contributed by atoms with van der Waals surface area (Å²) in [6, 6.07) is 0.132. The average Bonchev–Trinajstić information content (AvgIpc) is 1.92. The van der Waals surface area contributed by atoms with Gasteiger partial charge in [0, 0.05) is 26.8 Å². The summed E-state index contributed by atoms with van der Waals surface area (Å²) in [5.41, 5.74) is 0. The van der Waals surface area contributed by atoms with Crippen molar-refractivity contribution in [2.24, 2.45) is 5.92 Å². The Bertz CT molecular complexity index is 230. The lowest BCUT2D eigenvalue weighted by Gasteiger charge is -2.10. The first-order valence-electron chi connectivity index (χ1n) is 5.37. The van der Waals surface area contributed by atoms with Gasteiger partial charge in [0.25, 0.3) is 17.9 Å². The predicted octanol–water partition coefficient (Wildman–Crippen LogP) is -0.169. The highest BCUT2D eigenvalue weighted by Gasteiger charge is 2.27. The zero-order valence-corrected chi connectivity index (χ0v) is 13.2. The third-order valence-electron chi connectivity index (χ3n) is 0.682. The number of carboxylic acid groups (broad SMARTS) is 3. The zero-order valence-electron chi connectivity index (χ0n) is 12.2. The molecule has 0 saturated heterocycles. The monoisotopic (exact) mass is 316 g/mol. The summed E-state index contributed by atoms with van der Waals surface area (Å²) in [6.45, 7) is 6.90. The highest BCUT2D eigenvalue weighted by molar-refractivity contribution is 6.56. The molecule has 0 atom stereocenters. The summed E-state index contributed by atoms with van der Waals surface area (Å²) in [4.78, 5) is 52.3. The SMILES string of the molecule is CC(=O)O.CC(=O)O.CC(=O)O.CC(C)C[Si](O)(O)O. The Morgan fingerprint density at radius 3 is 0.950 bits per heavy atom. The largest absolute Gasteiger partial charge is 0.492 e. The molecule has 0 rings (SSSR count). The minimum atomic E-state index is -3.72. The molecule has 0 aromatic rings. The Kier molecular flexibility index (Phi) is 21.0. The van der Waals surface area contributed by atoms with E-state index in [4.69, 9.17) is 44.1 Å². The van der Waals surface area contributed by atoms with Crippen LogP contribution in [-0.4, -0.2) is 56.4 Å². The van der Waals surface area contributed by atoms with Gasteiger partial charge in [-0.15, -0.1) is 0 Å². The van der Waals surface area contributed by atoms with E-state index in [1.165, 1.54) is 0 Å². The summed E-state index contributed by atoms with van der Waals surface area (Å²) in [7, 11) is -3.72. The van der Waals surface area contributed by atoms with E-state index in [-0.39, 0.29) is 12.0 Å². The zero-order chi connectivity index (χ0) is 17.5. The Labute approximate surface area is 118 Å². The summed E-state index contributed by atoms with van der Waals surface area (Å²) >= 11 is 0. The van der Waals surface area contributed by atoms with Crippen LogP contribution in [0.25, 0.3) is 0 Å². The summed E-state index contributed by atoms with van der Waals surface area (Å²) in [5.74, 6) is -2.35. The average molecular weight is 316 g/mol. The molecule has 10 heteroatoms. The number of rotatable bonds is 2. The van der Waals surface area contributed by atoms with Gasteiger partial charge in [-0.25, -0.2) is 0 Å². The lowest BCUT2D eigenvalue weighted by atomic mass is 10.3. The molecule has 0 bridgehead atoms. The summed E-state index contributed by atoms with van der Waals surface area (Å²) in [5, 5.41) is 22.2. The van der Waals surface area contributed by atoms with Crippen LogP contribution in [-0.2, 0) is 14.4 Å². The van der Waals surface area contributed by atoms with Crippen molar-refractivity contribution in [2.45, 2.75) is 40.7 Å². The second-order valence-electron chi connectivity index (χ2n) is 3.93. The number of carbonyl (C=O) groups is 3. The van der Waals surface area contributed by atoms with Gasteiger partial charge in [0.05, 0.1) is 0 Å². The molecule has 0 spiro atoms. The quantitative estimate of drug-likeness (QED) is 0.378. The van der Waals surface area contributed by atoms with Crippen molar-refractivity contribution >= 4 is 26.7 Å². The van der Waals surface area contributed by atoms with Crippen LogP contribution in [0.1, 0.15) is 34.6 Å². The van der Waals surface area contributed by atoms with Gasteiger partial charge in [-0.3, -0.25) is 14.4 Å². The Morgan fingerprint density at radius 2 is 0.950 bits per heavy atom. The van der Waals surface area contributed by atoms with Crippen molar-refractivity contribution in [3.63, 3.8) is 0 Å². The van der Waals surface area contributed by atoms with Crippen molar-refractivity contribution in [3.05, 3.63) is 0 Å². The first-order valence-corrected chi connectivity index (χ1v) is 7.42. The van der Waals surface area contributed by atoms with Crippen LogP contribution >= 0.6 is 0 Å². The Balaban J connectivity index is -0.0000000917. The van der Waals surface area contributed by atoms with E-state index in [1.807, 2.05) is 13.8 Å². The second kappa shape index (κ2) is 15.6. The number of hydrogen-bond acceptors (Lipinski definition) is 6. The molecule has 0 amide bonds. The van der Waals surface area contributed by atoms with Crippen LogP contribution in [0, 0.1) is 5.92 Å². The van der Waals surface area contributed by atoms with Crippen molar-refractivity contribution < 1.29 is 44.1 Å². The lowest BCUT2D eigenvalue weighted by molar-refractivity contribution is -0.135. The van der Waals surface area contributed by atoms with E-state index in [2.05, 4.69) is 0 Å². The maximum absolute atomic E-state index is 9.00. The summed E-state index contributed by atoms with van der Waals surface area (Å²) < 4.78 is 0. The van der Waals surface area contributed by atoms with Crippen LogP contribution in [0.5, 0.6) is 0 Å². The predicted molar refractivity (Wildman–Crippen MR) is 72.0 cm³/mol. The first-order chi connectivity index (χ1) is 8.61. The van der Waals surface area contributed by atoms with E-state index >= 15 is 0 Å². The van der Waals surface area contributed by atoms with Crippen LogP contribution in [0.3, 0.4) is 0 Å². The number of carboxylic acids is 3. The molecule has 6 N–H and O–H groups in total. The van der Waals surface area contributed by atoms with Crippen molar-refractivity contribution in [2.75, 3.05) is 0 Å². The molecule has 0 aliphatic heterocycles. The van der Waals surface area contributed by atoms with Gasteiger partial charge in [-0.2, -0.15) is 0 Å². The topological polar surface area (TPSA) is 173 Å².